The van der Waals surface area contributed by atoms with Crippen molar-refractivity contribution >= 4 is 44.6 Å². The van der Waals surface area contributed by atoms with Crippen molar-refractivity contribution in [3.8, 4) is 11.1 Å². The molecule has 5 rings (SSSR count). The van der Waals surface area contributed by atoms with Crippen molar-refractivity contribution in [3.05, 3.63) is 59.7 Å². The second-order valence-corrected chi connectivity index (χ2v) is 6.85. The van der Waals surface area contributed by atoms with Crippen LogP contribution in [0.3, 0.4) is 0 Å². The van der Waals surface area contributed by atoms with E-state index in [4.69, 9.17) is 0 Å². The predicted octanol–water partition coefficient (Wildman–Crippen LogP) is 5.61. The first-order chi connectivity index (χ1) is 11.7. The Morgan fingerprint density at radius 2 is 1.54 bits per heavy atom. The smallest absolute Gasteiger partial charge is 0.112 e. The van der Waals surface area contributed by atoms with Gasteiger partial charge < -0.3 is 4.98 Å². The fourth-order valence-corrected chi connectivity index (χ4v) is 4.03. The number of nitrogens with zero attached hydrogens (tertiary/aromatic N) is 2. The topological polar surface area (TPSA) is 41.6 Å². The normalized spacial score (nSPS) is 11.8. The standard InChI is InChI=1S/C20H15N3S/c1-11-3-6-15-16-8-5-13(10-18(16)21-17(15)9-11)14-7-4-12(2)19-20(14)23-24-22-19/h3-10,21H,1-2H3. The number of aryl methyl sites for hydroxylation is 2. The molecule has 2 heterocycles. The summed E-state index contributed by atoms with van der Waals surface area (Å²) in [6.45, 7) is 4.20. The molecule has 0 amide bonds. The average molecular weight is 329 g/mol. The highest BCUT2D eigenvalue weighted by Crippen LogP contribution is 2.33. The number of fused-ring (bicyclic) bond motifs is 4. The Balaban J connectivity index is 1.79. The SMILES string of the molecule is Cc1ccc2c(c1)[nH]c1cc(-c3ccc(C)c4nsnc34)ccc12. The van der Waals surface area contributed by atoms with Crippen molar-refractivity contribution in [2.45, 2.75) is 13.8 Å². The summed E-state index contributed by atoms with van der Waals surface area (Å²) in [5.74, 6) is 0. The minimum atomic E-state index is 0.992. The fourth-order valence-electron chi connectivity index (χ4n) is 3.41. The van der Waals surface area contributed by atoms with Crippen molar-refractivity contribution in [2.24, 2.45) is 0 Å². The highest BCUT2D eigenvalue weighted by Gasteiger charge is 2.11. The second kappa shape index (κ2) is 4.89. The lowest BCUT2D eigenvalue weighted by atomic mass is 10.0. The molecule has 0 saturated heterocycles. The Kier molecular flexibility index (Phi) is 2.79. The van der Waals surface area contributed by atoms with Crippen LogP contribution in [0.15, 0.2) is 48.5 Å². The summed E-state index contributed by atoms with van der Waals surface area (Å²) in [7, 11) is 0. The zero-order valence-corrected chi connectivity index (χ0v) is 14.2. The maximum absolute atomic E-state index is 4.51. The molecule has 3 nitrogen and oxygen atoms in total. The van der Waals surface area contributed by atoms with E-state index in [1.165, 1.54) is 44.7 Å². The molecular weight excluding hydrogens is 314 g/mol. The lowest BCUT2D eigenvalue weighted by Gasteiger charge is -2.04. The number of H-pyrrole nitrogens is 1. The molecule has 0 fully saturated rings. The van der Waals surface area contributed by atoms with E-state index in [9.17, 15) is 0 Å². The zero-order chi connectivity index (χ0) is 16.3. The van der Waals surface area contributed by atoms with Crippen LogP contribution in [0.2, 0.25) is 0 Å². The number of benzene rings is 3. The molecule has 0 bridgehead atoms. The average Bonchev–Trinajstić information content (AvgIpc) is 3.19. The molecule has 2 aromatic heterocycles. The van der Waals surface area contributed by atoms with Crippen LogP contribution in [-0.4, -0.2) is 13.7 Å². The van der Waals surface area contributed by atoms with Gasteiger partial charge in [0.2, 0.25) is 0 Å². The van der Waals surface area contributed by atoms with Gasteiger partial charge in [-0.1, -0.05) is 36.4 Å². The van der Waals surface area contributed by atoms with Crippen molar-refractivity contribution in [3.63, 3.8) is 0 Å². The van der Waals surface area contributed by atoms with Crippen LogP contribution in [0.4, 0.5) is 0 Å². The van der Waals surface area contributed by atoms with Gasteiger partial charge in [0.05, 0.1) is 11.7 Å². The van der Waals surface area contributed by atoms with Gasteiger partial charge in [0.15, 0.2) is 0 Å². The third-order valence-corrected chi connectivity index (χ3v) is 5.21. The van der Waals surface area contributed by atoms with Gasteiger partial charge in [0, 0.05) is 27.4 Å². The van der Waals surface area contributed by atoms with Gasteiger partial charge in [-0.25, -0.2) is 0 Å². The first-order valence-corrected chi connectivity index (χ1v) is 8.68. The van der Waals surface area contributed by atoms with E-state index in [1.54, 1.807) is 0 Å². The van der Waals surface area contributed by atoms with E-state index in [2.05, 4.69) is 76.1 Å². The van der Waals surface area contributed by atoms with Crippen LogP contribution in [0.5, 0.6) is 0 Å². The summed E-state index contributed by atoms with van der Waals surface area (Å²) in [4.78, 5) is 3.55. The van der Waals surface area contributed by atoms with Crippen molar-refractivity contribution in [1.29, 1.82) is 0 Å². The van der Waals surface area contributed by atoms with Crippen LogP contribution < -0.4 is 0 Å². The van der Waals surface area contributed by atoms with Gasteiger partial charge in [-0.3, -0.25) is 0 Å². The first-order valence-electron chi connectivity index (χ1n) is 7.95. The second-order valence-electron chi connectivity index (χ2n) is 6.33. The Morgan fingerprint density at radius 1 is 0.792 bits per heavy atom. The number of hydrogen-bond donors (Lipinski definition) is 1. The summed E-state index contributed by atoms with van der Waals surface area (Å²) < 4.78 is 8.94. The minimum absolute atomic E-state index is 0.992. The van der Waals surface area contributed by atoms with E-state index in [0.29, 0.717) is 0 Å². The van der Waals surface area contributed by atoms with E-state index >= 15 is 0 Å². The van der Waals surface area contributed by atoms with Crippen molar-refractivity contribution < 1.29 is 0 Å². The van der Waals surface area contributed by atoms with E-state index in [0.717, 1.165) is 22.1 Å². The number of aromatic nitrogens is 3. The zero-order valence-electron chi connectivity index (χ0n) is 13.4. The van der Waals surface area contributed by atoms with Crippen molar-refractivity contribution in [1.82, 2.24) is 13.7 Å². The molecule has 0 atom stereocenters. The van der Waals surface area contributed by atoms with Crippen LogP contribution >= 0.6 is 11.7 Å². The molecule has 0 aliphatic rings. The highest BCUT2D eigenvalue weighted by molar-refractivity contribution is 7.00. The van der Waals surface area contributed by atoms with Gasteiger partial charge in [0.1, 0.15) is 11.0 Å². The summed E-state index contributed by atoms with van der Waals surface area (Å²) in [5, 5.41) is 2.53. The summed E-state index contributed by atoms with van der Waals surface area (Å²) in [6, 6.07) is 17.4. The van der Waals surface area contributed by atoms with Crippen LogP contribution in [0.25, 0.3) is 44.0 Å². The van der Waals surface area contributed by atoms with E-state index < -0.39 is 0 Å². The lowest BCUT2D eigenvalue weighted by Crippen LogP contribution is -1.84. The molecular formula is C20H15N3S. The Morgan fingerprint density at radius 3 is 2.42 bits per heavy atom. The van der Waals surface area contributed by atoms with Crippen LogP contribution in [-0.2, 0) is 0 Å². The number of nitrogens with one attached hydrogen (secondary N) is 1. The van der Waals surface area contributed by atoms with Gasteiger partial charge >= 0.3 is 0 Å². The molecule has 0 spiro atoms. The summed E-state index contributed by atoms with van der Waals surface area (Å²) in [6.07, 6.45) is 0. The van der Waals surface area contributed by atoms with Gasteiger partial charge in [-0.05, 0) is 42.7 Å². The van der Waals surface area contributed by atoms with E-state index in [-0.39, 0.29) is 0 Å². The first kappa shape index (κ1) is 13.7. The quantitative estimate of drug-likeness (QED) is 0.434. The van der Waals surface area contributed by atoms with Crippen LogP contribution in [0, 0.1) is 13.8 Å². The predicted molar refractivity (Wildman–Crippen MR) is 102 cm³/mol. The molecule has 1 N–H and O–H groups in total. The number of aromatic amines is 1. The molecule has 5 aromatic rings. The van der Waals surface area contributed by atoms with Gasteiger partial charge in [-0.2, -0.15) is 8.75 Å². The van der Waals surface area contributed by atoms with Gasteiger partial charge in [-0.15, -0.1) is 0 Å². The molecule has 0 radical (unpaired) electrons. The largest absolute Gasteiger partial charge is 0.354 e. The molecule has 4 heteroatoms. The monoisotopic (exact) mass is 329 g/mol. The van der Waals surface area contributed by atoms with Gasteiger partial charge in [0.25, 0.3) is 0 Å². The summed E-state index contributed by atoms with van der Waals surface area (Å²) in [5.41, 5.74) is 9.09. The third kappa shape index (κ3) is 1.90. The molecule has 116 valence electrons. The maximum Gasteiger partial charge on any atom is 0.112 e. The molecule has 24 heavy (non-hydrogen) atoms. The molecule has 0 aliphatic carbocycles. The van der Waals surface area contributed by atoms with E-state index in [1.807, 2.05) is 0 Å². The number of rotatable bonds is 1. The van der Waals surface area contributed by atoms with Crippen LogP contribution in [0.1, 0.15) is 11.1 Å². The number of hydrogen-bond acceptors (Lipinski definition) is 3. The Bertz CT molecular complexity index is 1230. The maximum atomic E-state index is 4.51. The molecule has 0 unspecified atom stereocenters. The molecule has 0 aliphatic heterocycles. The third-order valence-electron chi connectivity index (χ3n) is 4.68. The van der Waals surface area contributed by atoms with Crippen molar-refractivity contribution in [2.75, 3.05) is 0 Å². The molecule has 0 saturated carbocycles. The Hall–Kier alpha value is -2.72. The highest BCUT2D eigenvalue weighted by atomic mass is 32.1. The molecule has 3 aromatic carbocycles. The fraction of sp³-hybridized carbons (Fsp3) is 0.100. The lowest BCUT2D eigenvalue weighted by molar-refractivity contribution is 1.47. The Labute approximate surface area is 143 Å². The minimum Gasteiger partial charge on any atom is -0.354 e. The summed E-state index contributed by atoms with van der Waals surface area (Å²) >= 11 is 1.28.